The molecule has 0 spiro atoms. The van der Waals surface area contributed by atoms with E-state index in [0.29, 0.717) is 26.1 Å². The summed E-state index contributed by atoms with van der Waals surface area (Å²) in [5.74, 6) is 0.739. The maximum absolute atomic E-state index is 11.0. The molecule has 2 N–H and O–H groups in total. The summed E-state index contributed by atoms with van der Waals surface area (Å²) < 4.78 is 4.80. The monoisotopic (exact) mass is 211 g/mol. The molecule has 0 amide bonds. The van der Waals surface area contributed by atoms with Crippen molar-refractivity contribution in [2.24, 2.45) is 0 Å². The summed E-state index contributed by atoms with van der Waals surface area (Å²) >= 11 is 0. The molecule has 0 aromatic carbocycles. The van der Waals surface area contributed by atoms with E-state index in [4.69, 9.17) is 4.74 Å². The van der Waals surface area contributed by atoms with Crippen LogP contribution in [-0.4, -0.2) is 29.1 Å². The van der Waals surface area contributed by atoms with Crippen LogP contribution in [0.4, 0.5) is 0 Å². The molecule has 0 fully saturated rings. The summed E-state index contributed by atoms with van der Waals surface area (Å²) in [7, 11) is 0. The zero-order valence-electron chi connectivity index (χ0n) is 9.17. The highest BCUT2D eigenvalue weighted by atomic mass is 16.5. The molecule has 15 heavy (non-hydrogen) atoms. The molecule has 0 aliphatic heterocycles. The molecule has 0 aliphatic carbocycles. The summed E-state index contributed by atoms with van der Waals surface area (Å²) in [5, 5.41) is 3.13. The van der Waals surface area contributed by atoms with E-state index in [1.54, 1.807) is 13.1 Å². The van der Waals surface area contributed by atoms with Crippen molar-refractivity contribution >= 4 is 5.97 Å². The van der Waals surface area contributed by atoms with E-state index in [0.717, 1.165) is 11.5 Å². The average Bonchev–Trinajstić information content (AvgIpc) is 2.60. The SMILES string of the molecule is CCOC(=O)CCNCc1cnc(C)[nH]1. The number of hydrogen-bond acceptors (Lipinski definition) is 4. The van der Waals surface area contributed by atoms with Gasteiger partial charge in [-0.05, 0) is 13.8 Å². The first kappa shape index (κ1) is 11.7. The normalized spacial score (nSPS) is 10.3. The van der Waals surface area contributed by atoms with Gasteiger partial charge in [0.15, 0.2) is 0 Å². The average molecular weight is 211 g/mol. The number of esters is 1. The predicted octanol–water partition coefficient (Wildman–Crippen LogP) is 0.761. The highest BCUT2D eigenvalue weighted by molar-refractivity contribution is 5.69. The van der Waals surface area contributed by atoms with Gasteiger partial charge in [0.2, 0.25) is 0 Å². The fourth-order valence-corrected chi connectivity index (χ4v) is 1.21. The van der Waals surface area contributed by atoms with E-state index >= 15 is 0 Å². The molecule has 5 nitrogen and oxygen atoms in total. The van der Waals surface area contributed by atoms with Crippen LogP contribution in [-0.2, 0) is 16.1 Å². The van der Waals surface area contributed by atoms with Crippen LogP contribution in [0.15, 0.2) is 6.20 Å². The third-order valence-corrected chi connectivity index (χ3v) is 1.88. The summed E-state index contributed by atoms with van der Waals surface area (Å²) in [4.78, 5) is 18.1. The number of H-pyrrole nitrogens is 1. The lowest BCUT2D eigenvalue weighted by atomic mass is 10.4. The Labute approximate surface area is 89.2 Å². The number of rotatable bonds is 6. The van der Waals surface area contributed by atoms with Gasteiger partial charge in [0.25, 0.3) is 0 Å². The number of nitrogens with one attached hydrogen (secondary N) is 2. The maximum Gasteiger partial charge on any atom is 0.307 e. The Kier molecular flexibility index (Phi) is 4.83. The van der Waals surface area contributed by atoms with Crippen LogP contribution in [0.2, 0.25) is 0 Å². The van der Waals surface area contributed by atoms with E-state index < -0.39 is 0 Å². The minimum absolute atomic E-state index is 0.161. The molecule has 0 aliphatic rings. The van der Waals surface area contributed by atoms with E-state index in [1.165, 1.54) is 0 Å². The lowest BCUT2D eigenvalue weighted by molar-refractivity contribution is -0.142. The number of carbonyl (C=O) groups is 1. The van der Waals surface area contributed by atoms with Gasteiger partial charge in [0.1, 0.15) is 5.82 Å². The summed E-state index contributed by atoms with van der Waals surface area (Å²) in [6.07, 6.45) is 2.19. The summed E-state index contributed by atoms with van der Waals surface area (Å²) in [5.41, 5.74) is 1.02. The molecular weight excluding hydrogens is 194 g/mol. The first-order valence-corrected chi connectivity index (χ1v) is 5.09. The molecule has 0 radical (unpaired) electrons. The Balaban J connectivity index is 2.09. The van der Waals surface area contributed by atoms with Crippen LogP contribution in [0.5, 0.6) is 0 Å². The van der Waals surface area contributed by atoms with E-state index in [1.807, 2.05) is 6.92 Å². The van der Waals surface area contributed by atoms with Gasteiger partial charge in [0.05, 0.1) is 13.0 Å². The lowest BCUT2D eigenvalue weighted by Crippen LogP contribution is -2.19. The third kappa shape index (κ3) is 4.60. The van der Waals surface area contributed by atoms with Crippen molar-refractivity contribution in [2.45, 2.75) is 26.8 Å². The van der Waals surface area contributed by atoms with Crippen LogP contribution >= 0.6 is 0 Å². The number of aromatic nitrogens is 2. The Morgan fingerprint density at radius 1 is 1.67 bits per heavy atom. The number of nitrogens with zero attached hydrogens (tertiary/aromatic N) is 1. The van der Waals surface area contributed by atoms with Crippen LogP contribution in [0.25, 0.3) is 0 Å². The first-order valence-electron chi connectivity index (χ1n) is 5.09. The largest absolute Gasteiger partial charge is 0.466 e. The van der Waals surface area contributed by atoms with Crippen molar-refractivity contribution in [3.05, 3.63) is 17.7 Å². The molecule has 1 aromatic rings. The molecule has 5 heteroatoms. The molecular formula is C10H17N3O2. The van der Waals surface area contributed by atoms with Gasteiger partial charge in [-0.15, -0.1) is 0 Å². The summed E-state index contributed by atoms with van der Waals surface area (Å²) in [6, 6.07) is 0. The van der Waals surface area contributed by atoms with Crippen molar-refractivity contribution in [3.63, 3.8) is 0 Å². The van der Waals surface area contributed by atoms with Crippen molar-refractivity contribution in [2.75, 3.05) is 13.2 Å². The fraction of sp³-hybridized carbons (Fsp3) is 0.600. The van der Waals surface area contributed by atoms with Crippen LogP contribution in [0, 0.1) is 6.92 Å². The van der Waals surface area contributed by atoms with E-state index in [9.17, 15) is 4.79 Å². The van der Waals surface area contributed by atoms with Gasteiger partial charge in [-0.2, -0.15) is 0 Å². The zero-order chi connectivity index (χ0) is 11.1. The zero-order valence-corrected chi connectivity index (χ0v) is 9.17. The molecule has 1 rings (SSSR count). The standard InChI is InChI=1S/C10H17N3O2/c1-3-15-10(14)4-5-11-6-9-7-12-8(2)13-9/h7,11H,3-6H2,1-2H3,(H,12,13). The van der Waals surface area contributed by atoms with Gasteiger partial charge in [-0.25, -0.2) is 4.98 Å². The number of aromatic amines is 1. The number of imidazole rings is 1. The molecule has 0 atom stereocenters. The fourth-order valence-electron chi connectivity index (χ4n) is 1.21. The second-order valence-corrected chi connectivity index (χ2v) is 3.23. The Bertz CT molecular complexity index is 309. The number of hydrogen-bond donors (Lipinski definition) is 2. The molecule has 84 valence electrons. The van der Waals surface area contributed by atoms with E-state index in [-0.39, 0.29) is 5.97 Å². The van der Waals surface area contributed by atoms with Crippen LogP contribution in [0.3, 0.4) is 0 Å². The number of carbonyl (C=O) groups excluding carboxylic acids is 1. The molecule has 0 saturated heterocycles. The van der Waals surface area contributed by atoms with Crippen molar-refractivity contribution in [3.8, 4) is 0 Å². The minimum atomic E-state index is -0.161. The van der Waals surface area contributed by atoms with Crippen molar-refractivity contribution in [1.82, 2.24) is 15.3 Å². The van der Waals surface area contributed by atoms with Gasteiger partial charge in [-0.1, -0.05) is 0 Å². The second-order valence-electron chi connectivity index (χ2n) is 3.23. The second kappa shape index (κ2) is 6.19. The Hall–Kier alpha value is -1.36. The molecule has 1 heterocycles. The quantitative estimate of drug-likeness (QED) is 0.538. The lowest BCUT2D eigenvalue weighted by Gasteiger charge is -2.02. The summed E-state index contributed by atoms with van der Waals surface area (Å²) in [6.45, 7) is 5.47. The van der Waals surface area contributed by atoms with Gasteiger partial charge in [-0.3, -0.25) is 4.79 Å². The van der Waals surface area contributed by atoms with Crippen molar-refractivity contribution < 1.29 is 9.53 Å². The minimum Gasteiger partial charge on any atom is -0.466 e. The van der Waals surface area contributed by atoms with Gasteiger partial charge in [0, 0.05) is 25.0 Å². The highest BCUT2D eigenvalue weighted by Gasteiger charge is 2.01. The van der Waals surface area contributed by atoms with Crippen LogP contribution < -0.4 is 5.32 Å². The number of ether oxygens (including phenoxy) is 1. The van der Waals surface area contributed by atoms with E-state index in [2.05, 4.69) is 15.3 Å². The Morgan fingerprint density at radius 2 is 2.47 bits per heavy atom. The Morgan fingerprint density at radius 3 is 3.07 bits per heavy atom. The molecule has 0 bridgehead atoms. The van der Waals surface area contributed by atoms with Crippen LogP contribution in [0.1, 0.15) is 24.9 Å². The third-order valence-electron chi connectivity index (χ3n) is 1.88. The smallest absolute Gasteiger partial charge is 0.307 e. The molecule has 0 unspecified atom stereocenters. The highest BCUT2D eigenvalue weighted by Crippen LogP contribution is 1.94. The predicted molar refractivity (Wildman–Crippen MR) is 56.3 cm³/mol. The molecule has 1 aromatic heterocycles. The number of aryl methyl sites for hydroxylation is 1. The first-order chi connectivity index (χ1) is 7.22. The van der Waals surface area contributed by atoms with Crippen molar-refractivity contribution in [1.29, 1.82) is 0 Å². The van der Waals surface area contributed by atoms with Gasteiger partial charge >= 0.3 is 5.97 Å². The topological polar surface area (TPSA) is 67.0 Å². The maximum atomic E-state index is 11.0. The van der Waals surface area contributed by atoms with Gasteiger partial charge < -0.3 is 15.0 Å². The molecule has 0 saturated carbocycles.